The van der Waals surface area contributed by atoms with E-state index in [4.69, 9.17) is 0 Å². The zero-order chi connectivity index (χ0) is 40.0. The Morgan fingerprint density at radius 2 is 0.738 bits per heavy atom. The average molecular weight is 814 g/mol. The minimum absolute atomic E-state index is 1.12. The number of hydrogen-bond acceptors (Lipinski definition) is 4. The molecular weight excluding hydrogens is 779 g/mol. The molecule has 0 radical (unpaired) electrons. The molecule has 0 saturated carbocycles. The summed E-state index contributed by atoms with van der Waals surface area (Å²) in [6.07, 6.45) is 0. The summed E-state index contributed by atoms with van der Waals surface area (Å²) in [5.74, 6) is 0. The van der Waals surface area contributed by atoms with E-state index >= 15 is 0 Å². The second-order valence-electron chi connectivity index (χ2n) is 15.7. The standard InChI is InChI=1S/C56H35N3S2/c1-4-16-38(17-5-1)57(47-26-14-24-45-43-22-10-12-28-51(43)60-55(45)47)41-32-36-30-31-37-33-42(35-50-54(37)53(36)49(34-41)59(50)40-20-8-3-9-21-40)58(39-18-6-2-7-19-39)48-27-15-25-46-44-23-11-13-29-52(44)61-56(46)48/h1-35H. The molecular formula is C56H35N3S2. The number of hydrogen-bond donors (Lipinski definition) is 0. The van der Waals surface area contributed by atoms with E-state index in [1.165, 1.54) is 84.3 Å². The summed E-state index contributed by atoms with van der Waals surface area (Å²) >= 11 is 3.74. The van der Waals surface area contributed by atoms with E-state index in [2.05, 4.69) is 227 Å². The van der Waals surface area contributed by atoms with Crippen LogP contribution in [0.2, 0.25) is 0 Å². The normalized spacial score (nSPS) is 11.9. The molecule has 0 unspecified atom stereocenters. The van der Waals surface area contributed by atoms with Crippen LogP contribution in [0.25, 0.3) is 78.6 Å². The third kappa shape index (κ3) is 5.28. The number of aromatic nitrogens is 1. The SMILES string of the molecule is c1ccc(N(c2cc3ccc4cc(N(c5ccccc5)c5cccc6c5sc5ccccc56)cc5c4c3c(c2)n5-c2ccccc2)c2cccc3c2sc2ccccc23)cc1. The second kappa shape index (κ2) is 13.5. The van der Waals surface area contributed by atoms with E-state index in [1.54, 1.807) is 0 Å². The maximum atomic E-state index is 2.49. The van der Waals surface area contributed by atoms with Gasteiger partial charge in [0.15, 0.2) is 0 Å². The first kappa shape index (κ1) is 34.4. The van der Waals surface area contributed by atoms with Crippen LogP contribution in [0, 0.1) is 0 Å². The van der Waals surface area contributed by atoms with Gasteiger partial charge >= 0.3 is 0 Å². The molecule has 0 aliphatic rings. The minimum Gasteiger partial charge on any atom is -0.309 e. The van der Waals surface area contributed by atoms with Gasteiger partial charge in [-0.2, -0.15) is 0 Å². The maximum absolute atomic E-state index is 2.49. The Hall–Kier alpha value is -7.44. The third-order valence-corrected chi connectivity index (χ3v) is 14.7. The van der Waals surface area contributed by atoms with E-state index in [0.717, 1.165) is 28.4 Å². The topological polar surface area (TPSA) is 11.4 Å². The fourth-order valence-electron chi connectivity index (χ4n) is 9.68. The predicted octanol–water partition coefficient (Wildman–Crippen LogP) is 17.1. The van der Waals surface area contributed by atoms with Crippen LogP contribution < -0.4 is 9.80 Å². The van der Waals surface area contributed by atoms with Crippen LogP contribution in [0.5, 0.6) is 0 Å². The molecule has 0 saturated heterocycles. The van der Waals surface area contributed by atoms with Crippen molar-refractivity contribution in [3.05, 3.63) is 212 Å². The van der Waals surface area contributed by atoms with Gasteiger partial charge < -0.3 is 14.4 Å². The number of rotatable bonds is 7. The van der Waals surface area contributed by atoms with Gasteiger partial charge in [0, 0.05) is 70.2 Å². The molecule has 0 N–H and O–H groups in total. The van der Waals surface area contributed by atoms with Crippen LogP contribution in [0.3, 0.4) is 0 Å². The summed E-state index contributed by atoms with van der Waals surface area (Å²) in [4.78, 5) is 4.91. The Bertz CT molecular complexity index is 3540. The summed E-state index contributed by atoms with van der Waals surface area (Å²) in [5.41, 5.74) is 10.3. The highest BCUT2D eigenvalue weighted by Crippen LogP contribution is 2.50. The van der Waals surface area contributed by atoms with Crippen LogP contribution in [-0.4, -0.2) is 4.57 Å². The molecule has 286 valence electrons. The van der Waals surface area contributed by atoms with Gasteiger partial charge in [-0.05, 0) is 95.7 Å². The van der Waals surface area contributed by atoms with Crippen molar-refractivity contribution < 1.29 is 0 Å². The fourth-order valence-corrected chi connectivity index (χ4v) is 12.1. The minimum atomic E-state index is 1.12. The molecule has 0 atom stereocenters. The van der Waals surface area contributed by atoms with Crippen LogP contribution in [0.1, 0.15) is 0 Å². The first-order valence-electron chi connectivity index (χ1n) is 20.7. The van der Waals surface area contributed by atoms with Gasteiger partial charge in [0.25, 0.3) is 0 Å². The average Bonchev–Trinajstić information content (AvgIpc) is 4.00. The number of para-hydroxylation sites is 3. The van der Waals surface area contributed by atoms with Crippen molar-refractivity contribution in [2.45, 2.75) is 0 Å². The van der Waals surface area contributed by atoms with Crippen LogP contribution in [0.15, 0.2) is 212 Å². The number of anilines is 6. The highest BCUT2D eigenvalue weighted by atomic mass is 32.1. The monoisotopic (exact) mass is 813 g/mol. The van der Waals surface area contributed by atoms with Crippen LogP contribution >= 0.6 is 22.7 Å². The van der Waals surface area contributed by atoms with Gasteiger partial charge in [-0.15, -0.1) is 22.7 Å². The van der Waals surface area contributed by atoms with Crippen molar-refractivity contribution in [1.29, 1.82) is 0 Å². The lowest BCUT2D eigenvalue weighted by molar-refractivity contribution is 1.18. The van der Waals surface area contributed by atoms with Crippen LogP contribution in [-0.2, 0) is 0 Å². The number of benzene rings is 10. The van der Waals surface area contributed by atoms with Crippen molar-refractivity contribution in [2.24, 2.45) is 0 Å². The predicted molar refractivity (Wildman–Crippen MR) is 265 cm³/mol. The molecule has 3 aromatic heterocycles. The Balaban J connectivity index is 1.10. The van der Waals surface area contributed by atoms with E-state index in [9.17, 15) is 0 Å². The van der Waals surface area contributed by atoms with Gasteiger partial charge in [-0.25, -0.2) is 0 Å². The highest BCUT2D eigenvalue weighted by Gasteiger charge is 2.25. The number of thiophene rings is 2. The summed E-state index contributed by atoms with van der Waals surface area (Å²) in [6, 6.07) is 77.9. The van der Waals surface area contributed by atoms with Crippen molar-refractivity contribution in [2.75, 3.05) is 9.80 Å². The quantitative estimate of drug-likeness (QED) is 0.149. The fraction of sp³-hybridized carbons (Fsp3) is 0. The molecule has 0 spiro atoms. The Morgan fingerprint density at radius 3 is 1.21 bits per heavy atom. The molecule has 5 heteroatoms. The molecule has 13 rings (SSSR count). The van der Waals surface area contributed by atoms with Crippen molar-refractivity contribution in [3.63, 3.8) is 0 Å². The van der Waals surface area contributed by atoms with Gasteiger partial charge in [0.2, 0.25) is 0 Å². The Kier molecular flexibility index (Phi) is 7.65. The highest BCUT2D eigenvalue weighted by molar-refractivity contribution is 7.26. The second-order valence-corrected chi connectivity index (χ2v) is 17.8. The zero-order valence-corrected chi connectivity index (χ0v) is 34.5. The van der Waals surface area contributed by atoms with E-state index < -0.39 is 0 Å². The lowest BCUT2D eigenvalue weighted by atomic mass is 10.00. The summed E-state index contributed by atoms with van der Waals surface area (Å²) in [7, 11) is 0. The smallest absolute Gasteiger partial charge is 0.0640 e. The molecule has 13 aromatic rings. The molecule has 0 bridgehead atoms. The van der Waals surface area contributed by atoms with E-state index in [-0.39, 0.29) is 0 Å². The van der Waals surface area contributed by atoms with E-state index in [1.807, 2.05) is 22.7 Å². The van der Waals surface area contributed by atoms with Gasteiger partial charge in [-0.3, -0.25) is 0 Å². The lowest BCUT2D eigenvalue weighted by Gasteiger charge is -2.27. The first-order chi connectivity index (χ1) is 30.3. The Labute approximate surface area is 360 Å². The molecule has 0 aliphatic heterocycles. The number of nitrogens with zero attached hydrogens (tertiary/aromatic N) is 3. The molecule has 10 aromatic carbocycles. The van der Waals surface area contributed by atoms with Gasteiger partial charge in [0.1, 0.15) is 0 Å². The summed E-state index contributed by atoms with van der Waals surface area (Å²) in [5, 5.41) is 10.1. The largest absolute Gasteiger partial charge is 0.309 e. The van der Waals surface area contributed by atoms with Crippen molar-refractivity contribution in [3.8, 4) is 5.69 Å². The maximum Gasteiger partial charge on any atom is 0.0640 e. The van der Waals surface area contributed by atoms with Gasteiger partial charge in [0.05, 0.1) is 31.8 Å². The van der Waals surface area contributed by atoms with E-state index in [0.29, 0.717) is 0 Å². The first-order valence-corrected chi connectivity index (χ1v) is 22.3. The number of fused-ring (bicyclic) bond motifs is 6. The molecule has 3 heterocycles. The molecule has 0 amide bonds. The van der Waals surface area contributed by atoms with Crippen LogP contribution in [0.4, 0.5) is 34.1 Å². The molecule has 61 heavy (non-hydrogen) atoms. The third-order valence-electron chi connectivity index (χ3n) is 12.2. The Morgan fingerprint density at radius 1 is 0.328 bits per heavy atom. The zero-order valence-electron chi connectivity index (χ0n) is 32.9. The van der Waals surface area contributed by atoms with Crippen molar-refractivity contribution in [1.82, 2.24) is 4.57 Å². The molecule has 0 fully saturated rings. The lowest BCUT2D eigenvalue weighted by Crippen LogP contribution is -2.10. The van der Waals surface area contributed by atoms with Gasteiger partial charge in [-0.1, -0.05) is 127 Å². The molecule has 0 aliphatic carbocycles. The summed E-state index contributed by atoms with van der Waals surface area (Å²) in [6.45, 7) is 0. The van der Waals surface area contributed by atoms with Crippen molar-refractivity contribution >= 4 is 130 Å². The summed E-state index contributed by atoms with van der Waals surface area (Å²) < 4.78 is 7.65. The molecule has 3 nitrogen and oxygen atoms in total.